The van der Waals surface area contributed by atoms with Crippen molar-refractivity contribution in [3.63, 3.8) is 0 Å². The van der Waals surface area contributed by atoms with Crippen LogP contribution in [-0.2, 0) is 11.3 Å². The zero-order valence-electron chi connectivity index (χ0n) is 8.58. The maximum absolute atomic E-state index is 11.6. The van der Waals surface area contributed by atoms with Crippen LogP contribution in [0.1, 0.15) is 24.8 Å². The Bertz CT molecular complexity index is 347. The Morgan fingerprint density at radius 2 is 1.93 bits per heavy atom. The van der Waals surface area contributed by atoms with E-state index in [1.807, 2.05) is 4.90 Å². The molecule has 2 rings (SSSR count). The van der Waals surface area contributed by atoms with Crippen molar-refractivity contribution in [1.82, 2.24) is 4.90 Å². The number of benzene rings is 1. The maximum Gasteiger partial charge on any atom is 0.222 e. The third kappa shape index (κ3) is 2.93. The van der Waals surface area contributed by atoms with Gasteiger partial charge in [-0.3, -0.25) is 4.79 Å². The lowest BCUT2D eigenvalue weighted by Gasteiger charge is -2.26. The Morgan fingerprint density at radius 1 is 1.20 bits per heavy atom. The van der Waals surface area contributed by atoms with Crippen molar-refractivity contribution >= 4 is 28.5 Å². The highest BCUT2D eigenvalue weighted by molar-refractivity contribution is 14.1. The van der Waals surface area contributed by atoms with E-state index >= 15 is 0 Å². The molecule has 0 N–H and O–H groups in total. The minimum Gasteiger partial charge on any atom is -0.338 e. The monoisotopic (exact) mass is 315 g/mol. The number of hydrogen-bond donors (Lipinski definition) is 0. The van der Waals surface area contributed by atoms with Gasteiger partial charge in [0.2, 0.25) is 5.91 Å². The molecule has 15 heavy (non-hydrogen) atoms. The molecule has 0 radical (unpaired) electrons. The lowest BCUT2D eigenvalue weighted by atomic mass is 10.1. The molecule has 0 aliphatic carbocycles. The maximum atomic E-state index is 11.6. The first-order valence-corrected chi connectivity index (χ1v) is 6.36. The van der Waals surface area contributed by atoms with Crippen LogP contribution in [0.25, 0.3) is 0 Å². The Hall–Kier alpha value is -0.580. The van der Waals surface area contributed by atoms with Gasteiger partial charge in [0.1, 0.15) is 0 Å². The second-order valence-electron chi connectivity index (χ2n) is 3.90. The first kappa shape index (κ1) is 10.9. The molecular weight excluding hydrogens is 301 g/mol. The highest BCUT2D eigenvalue weighted by Crippen LogP contribution is 2.15. The SMILES string of the molecule is O=C1CCCCN1Cc1ccc(I)cc1. The summed E-state index contributed by atoms with van der Waals surface area (Å²) in [4.78, 5) is 13.6. The largest absolute Gasteiger partial charge is 0.338 e. The molecule has 0 bridgehead atoms. The summed E-state index contributed by atoms with van der Waals surface area (Å²) in [6.07, 6.45) is 2.93. The molecule has 0 aromatic heterocycles. The number of nitrogens with zero attached hydrogens (tertiary/aromatic N) is 1. The number of amides is 1. The molecule has 1 heterocycles. The van der Waals surface area contributed by atoms with E-state index in [2.05, 4.69) is 46.9 Å². The van der Waals surface area contributed by atoms with Gasteiger partial charge in [0.15, 0.2) is 0 Å². The van der Waals surface area contributed by atoms with Crippen LogP contribution in [0.4, 0.5) is 0 Å². The molecule has 0 spiro atoms. The predicted octanol–water partition coefficient (Wildman–Crippen LogP) is 2.80. The summed E-state index contributed by atoms with van der Waals surface area (Å²) in [5.41, 5.74) is 1.23. The normalized spacial score (nSPS) is 16.9. The molecule has 3 heteroatoms. The predicted molar refractivity (Wildman–Crippen MR) is 68.4 cm³/mol. The number of rotatable bonds is 2. The molecular formula is C12H14INO. The van der Waals surface area contributed by atoms with Crippen LogP contribution in [-0.4, -0.2) is 17.4 Å². The van der Waals surface area contributed by atoms with Gasteiger partial charge in [-0.05, 0) is 53.1 Å². The number of piperidine rings is 1. The van der Waals surface area contributed by atoms with E-state index in [1.165, 1.54) is 9.13 Å². The summed E-state index contributed by atoms with van der Waals surface area (Å²) in [5.74, 6) is 0.305. The molecule has 0 saturated carbocycles. The fourth-order valence-corrected chi connectivity index (χ4v) is 2.20. The lowest BCUT2D eigenvalue weighted by molar-refractivity contribution is -0.133. The fraction of sp³-hybridized carbons (Fsp3) is 0.417. The third-order valence-corrected chi connectivity index (χ3v) is 3.43. The Kier molecular flexibility index (Phi) is 3.61. The van der Waals surface area contributed by atoms with Crippen LogP contribution in [0.2, 0.25) is 0 Å². The summed E-state index contributed by atoms with van der Waals surface area (Å²) < 4.78 is 1.24. The van der Waals surface area contributed by atoms with E-state index in [-0.39, 0.29) is 0 Å². The van der Waals surface area contributed by atoms with Gasteiger partial charge in [-0.15, -0.1) is 0 Å². The van der Waals surface area contributed by atoms with E-state index in [0.29, 0.717) is 5.91 Å². The van der Waals surface area contributed by atoms with Gasteiger partial charge in [-0.25, -0.2) is 0 Å². The number of carbonyl (C=O) groups excluding carboxylic acids is 1. The summed E-state index contributed by atoms with van der Waals surface area (Å²) in [6.45, 7) is 1.70. The lowest BCUT2D eigenvalue weighted by Crippen LogP contribution is -2.34. The molecule has 1 aliphatic rings. The van der Waals surface area contributed by atoms with E-state index in [1.54, 1.807) is 0 Å². The van der Waals surface area contributed by atoms with Crippen molar-refractivity contribution in [2.45, 2.75) is 25.8 Å². The van der Waals surface area contributed by atoms with Gasteiger partial charge in [0, 0.05) is 23.1 Å². The number of halogens is 1. The van der Waals surface area contributed by atoms with Gasteiger partial charge in [-0.2, -0.15) is 0 Å². The fourth-order valence-electron chi connectivity index (χ4n) is 1.84. The van der Waals surface area contributed by atoms with Gasteiger partial charge in [-0.1, -0.05) is 12.1 Å². The second kappa shape index (κ2) is 4.96. The summed E-state index contributed by atoms with van der Waals surface area (Å²) >= 11 is 2.29. The highest BCUT2D eigenvalue weighted by atomic mass is 127. The summed E-state index contributed by atoms with van der Waals surface area (Å²) in [7, 11) is 0. The Balaban J connectivity index is 2.01. The second-order valence-corrected chi connectivity index (χ2v) is 5.14. The van der Waals surface area contributed by atoms with Crippen LogP contribution in [0, 0.1) is 3.57 Å². The molecule has 1 saturated heterocycles. The van der Waals surface area contributed by atoms with Gasteiger partial charge < -0.3 is 4.90 Å². The van der Waals surface area contributed by atoms with E-state index in [0.717, 1.165) is 32.4 Å². The van der Waals surface area contributed by atoms with E-state index < -0.39 is 0 Å². The van der Waals surface area contributed by atoms with Crippen molar-refractivity contribution < 1.29 is 4.79 Å². The van der Waals surface area contributed by atoms with Crippen molar-refractivity contribution in [1.29, 1.82) is 0 Å². The van der Waals surface area contributed by atoms with Gasteiger partial charge >= 0.3 is 0 Å². The summed E-state index contributed by atoms with van der Waals surface area (Å²) in [5, 5.41) is 0. The zero-order valence-corrected chi connectivity index (χ0v) is 10.7. The first-order valence-electron chi connectivity index (χ1n) is 5.28. The van der Waals surface area contributed by atoms with Crippen molar-refractivity contribution in [3.05, 3.63) is 33.4 Å². The standard InChI is InChI=1S/C12H14INO/c13-11-6-4-10(5-7-11)9-14-8-2-1-3-12(14)15/h4-7H,1-3,8-9H2. The average Bonchev–Trinajstić information content (AvgIpc) is 2.25. The van der Waals surface area contributed by atoms with Crippen LogP contribution in [0.3, 0.4) is 0 Å². The molecule has 1 aromatic carbocycles. The van der Waals surface area contributed by atoms with E-state index in [4.69, 9.17) is 0 Å². The minimum absolute atomic E-state index is 0.305. The molecule has 0 unspecified atom stereocenters. The van der Waals surface area contributed by atoms with Crippen LogP contribution < -0.4 is 0 Å². The highest BCUT2D eigenvalue weighted by Gasteiger charge is 2.17. The van der Waals surface area contributed by atoms with E-state index in [9.17, 15) is 4.79 Å². The number of carbonyl (C=O) groups is 1. The number of hydrogen-bond acceptors (Lipinski definition) is 1. The Morgan fingerprint density at radius 3 is 2.60 bits per heavy atom. The third-order valence-electron chi connectivity index (χ3n) is 2.71. The van der Waals surface area contributed by atoms with Crippen molar-refractivity contribution in [2.75, 3.05) is 6.54 Å². The summed E-state index contributed by atoms with van der Waals surface area (Å²) in [6, 6.07) is 8.38. The van der Waals surface area contributed by atoms with Crippen molar-refractivity contribution in [2.24, 2.45) is 0 Å². The quantitative estimate of drug-likeness (QED) is 0.769. The minimum atomic E-state index is 0.305. The Labute approximate surface area is 104 Å². The molecule has 1 aliphatic heterocycles. The topological polar surface area (TPSA) is 20.3 Å². The number of likely N-dealkylation sites (tertiary alicyclic amines) is 1. The smallest absolute Gasteiger partial charge is 0.222 e. The van der Waals surface area contributed by atoms with Crippen LogP contribution in [0.15, 0.2) is 24.3 Å². The van der Waals surface area contributed by atoms with Crippen LogP contribution in [0.5, 0.6) is 0 Å². The van der Waals surface area contributed by atoms with Crippen molar-refractivity contribution in [3.8, 4) is 0 Å². The zero-order chi connectivity index (χ0) is 10.7. The van der Waals surface area contributed by atoms with Gasteiger partial charge in [0.05, 0.1) is 0 Å². The first-order chi connectivity index (χ1) is 7.25. The van der Waals surface area contributed by atoms with Crippen LogP contribution >= 0.6 is 22.6 Å². The van der Waals surface area contributed by atoms with Gasteiger partial charge in [0.25, 0.3) is 0 Å². The molecule has 0 atom stereocenters. The molecule has 1 amide bonds. The molecule has 1 fully saturated rings. The molecule has 80 valence electrons. The average molecular weight is 315 g/mol. The molecule has 2 nitrogen and oxygen atoms in total. The molecule has 1 aromatic rings.